The summed E-state index contributed by atoms with van der Waals surface area (Å²) >= 11 is 0. The predicted molar refractivity (Wildman–Crippen MR) is 234 cm³/mol. The number of ether oxygens (including phenoxy) is 8. The van der Waals surface area contributed by atoms with Crippen LogP contribution in [-0.4, -0.2) is 103 Å². The zero-order valence-electron chi connectivity index (χ0n) is 38.3. The van der Waals surface area contributed by atoms with Gasteiger partial charge in [0.2, 0.25) is 0 Å². The van der Waals surface area contributed by atoms with E-state index in [1.54, 1.807) is 52.4 Å². The molecule has 0 N–H and O–H groups in total. The summed E-state index contributed by atoms with van der Waals surface area (Å²) in [6, 6.07) is 0. The summed E-state index contributed by atoms with van der Waals surface area (Å²) in [6.07, 6.45) is 21.1. The second kappa shape index (κ2) is 37.9. The van der Waals surface area contributed by atoms with Crippen molar-refractivity contribution in [2.24, 2.45) is 23.7 Å². The van der Waals surface area contributed by atoms with E-state index in [-0.39, 0.29) is 23.9 Å². The monoisotopic (exact) mass is 853 g/mol. The molecule has 3 aliphatic rings. The highest BCUT2D eigenvalue weighted by atomic mass is 16.6. The minimum atomic E-state index is -0.347. The molecule has 0 spiro atoms. The number of carbonyl (C=O) groups excluding carboxylic acids is 4. The number of hydrogen-bond donors (Lipinski definition) is 0. The molecule has 0 aromatic carbocycles. The van der Waals surface area contributed by atoms with Crippen LogP contribution < -0.4 is 0 Å². The molecule has 0 aliphatic heterocycles. The Kier molecular flexibility index (Phi) is 34.9. The first-order valence-electron chi connectivity index (χ1n) is 23.4. The average molecular weight is 853 g/mol. The predicted octanol–water partition coefficient (Wildman–Crippen LogP) is 9.70. The van der Waals surface area contributed by atoms with Crippen LogP contribution in [0, 0.1) is 23.7 Å². The molecule has 348 valence electrons. The molecule has 3 saturated carbocycles. The van der Waals surface area contributed by atoms with E-state index in [1.165, 1.54) is 23.7 Å². The number of carbonyl (C=O) groups is 4. The topological polar surface area (TPSA) is 142 Å². The molecule has 60 heavy (non-hydrogen) atoms. The Morgan fingerprint density at radius 1 is 0.433 bits per heavy atom. The third kappa shape index (κ3) is 29.5. The van der Waals surface area contributed by atoms with E-state index >= 15 is 0 Å². The quantitative estimate of drug-likeness (QED) is 0.0263. The van der Waals surface area contributed by atoms with Crippen LogP contribution in [0.25, 0.3) is 0 Å². The van der Waals surface area contributed by atoms with Crippen molar-refractivity contribution in [2.75, 3.05) is 79.3 Å². The van der Waals surface area contributed by atoms with Crippen molar-refractivity contribution in [1.82, 2.24) is 0 Å². The minimum Gasteiger partial charge on any atom is -0.463 e. The molecule has 0 aromatic heterocycles. The van der Waals surface area contributed by atoms with Crippen LogP contribution in [0.3, 0.4) is 0 Å². The maximum Gasteiger partial charge on any atom is 0.333 e. The van der Waals surface area contributed by atoms with Crippen molar-refractivity contribution in [3.63, 3.8) is 0 Å². The Labute approximate surface area is 363 Å². The number of rotatable bonds is 34. The largest absolute Gasteiger partial charge is 0.463 e. The van der Waals surface area contributed by atoms with Crippen LogP contribution in [0.5, 0.6) is 0 Å². The summed E-state index contributed by atoms with van der Waals surface area (Å²) in [6.45, 7) is 20.9. The maximum absolute atomic E-state index is 11.5. The third-order valence-electron chi connectivity index (χ3n) is 11.1. The Morgan fingerprint density at radius 3 is 1.18 bits per heavy atom. The Hall–Kier alpha value is -2.80. The van der Waals surface area contributed by atoms with Gasteiger partial charge in [-0.2, -0.15) is 0 Å². The minimum absolute atomic E-state index is 0.186. The molecule has 0 amide bonds. The molecule has 12 nitrogen and oxygen atoms in total. The second-order valence-electron chi connectivity index (χ2n) is 16.2. The van der Waals surface area contributed by atoms with Gasteiger partial charge >= 0.3 is 23.9 Å². The van der Waals surface area contributed by atoms with Crippen LogP contribution in [0.4, 0.5) is 0 Å². The van der Waals surface area contributed by atoms with Gasteiger partial charge in [0.15, 0.2) is 0 Å². The highest BCUT2D eigenvalue weighted by Crippen LogP contribution is 2.58. The van der Waals surface area contributed by atoms with Gasteiger partial charge < -0.3 is 37.9 Å². The SMILES string of the molecule is C1CC2C3CCC(C3)C2C1.C=C(C)C(=O)OCCCCCCC(=O)OCCOCCCCOCC.C=C(C)C(=O)OCCCCCCC(=O)OCCOCCCCOCC. The summed E-state index contributed by atoms with van der Waals surface area (Å²) in [7, 11) is 0. The molecular weight excluding hydrogens is 769 g/mol. The van der Waals surface area contributed by atoms with Gasteiger partial charge in [-0.3, -0.25) is 9.59 Å². The summed E-state index contributed by atoms with van der Waals surface area (Å²) < 4.78 is 41.4. The van der Waals surface area contributed by atoms with Gasteiger partial charge in [0.25, 0.3) is 0 Å². The van der Waals surface area contributed by atoms with E-state index in [9.17, 15) is 19.2 Å². The van der Waals surface area contributed by atoms with Crippen molar-refractivity contribution in [1.29, 1.82) is 0 Å². The smallest absolute Gasteiger partial charge is 0.333 e. The molecule has 4 atom stereocenters. The molecule has 2 bridgehead atoms. The first-order valence-corrected chi connectivity index (χ1v) is 23.4. The first-order chi connectivity index (χ1) is 29.1. The number of esters is 4. The number of fused-ring (bicyclic) bond motifs is 5. The number of hydrogen-bond acceptors (Lipinski definition) is 12. The lowest BCUT2D eigenvalue weighted by Gasteiger charge is -2.23. The molecule has 0 heterocycles. The van der Waals surface area contributed by atoms with Gasteiger partial charge in [0.05, 0.1) is 26.4 Å². The van der Waals surface area contributed by atoms with E-state index in [0.29, 0.717) is 76.8 Å². The van der Waals surface area contributed by atoms with Gasteiger partial charge in [0.1, 0.15) is 13.2 Å². The Balaban J connectivity index is 0.000000483. The Bertz CT molecular complexity index is 1070. The van der Waals surface area contributed by atoms with Crippen LogP contribution in [-0.2, 0) is 57.1 Å². The fraction of sp³-hybridized carbons (Fsp3) is 0.833. The number of unbranched alkanes of at least 4 members (excludes halogenated alkanes) is 8. The highest BCUT2D eigenvalue weighted by Gasteiger charge is 2.48. The molecule has 3 aliphatic carbocycles. The summed E-state index contributed by atoms with van der Waals surface area (Å²) in [5, 5.41) is 0. The molecule has 4 unspecified atom stereocenters. The molecular formula is C48H84O12. The van der Waals surface area contributed by atoms with Crippen molar-refractivity contribution in [3.8, 4) is 0 Å². The first kappa shape index (κ1) is 55.2. The van der Waals surface area contributed by atoms with Crippen LogP contribution in [0.2, 0.25) is 0 Å². The van der Waals surface area contributed by atoms with E-state index in [4.69, 9.17) is 37.9 Å². The van der Waals surface area contributed by atoms with Crippen LogP contribution >= 0.6 is 0 Å². The van der Waals surface area contributed by atoms with Gasteiger partial charge in [0, 0.05) is 63.6 Å². The van der Waals surface area contributed by atoms with Crippen molar-refractivity contribution < 1.29 is 57.1 Å². The fourth-order valence-corrected chi connectivity index (χ4v) is 7.93. The van der Waals surface area contributed by atoms with Crippen molar-refractivity contribution in [3.05, 3.63) is 24.3 Å². The normalized spacial score (nSPS) is 18.3. The molecule has 3 rings (SSSR count). The molecule has 0 radical (unpaired) electrons. The summed E-state index contributed by atoms with van der Waals surface area (Å²) in [5.41, 5.74) is 0.828. The van der Waals surface area contributed by atoms with E-state index in [2.05, 4.69) is 13.2 Å². The Morgan fingerprint density at radius 2 is 0.800 bits per heavy atom. The van der Waals surface area contributed by atoms with Gasteiger partial charge in [-0.15, -0.1) is 0 Å². The molecule has 0 saturated heterocycles. The third-order valence-corrected chi connectivity index (χ3v) is 11.1. The lowest BCUT2D eigenvalue weighted by molar-refractivity contribution is -0.146. The van der Waals surface area contributed by atoms with Crippen molar-refractivity contribution >= 4 is 23.9 Å². The van der Waals surface area contributed by atoms with E-state index in [0.717, 1.165) is 103 Å². The van der Waals surface area contributed by atoms with Crippen LogP contribution in [0.1, 0.15) is 156 Å². The van der Waals surface area contributed by atoms with Crippen molar-refractivity contribution in [2.45, 2.75) is 156 Å². The molecule has 3 fully saturated rings. The molecule has 0 aromatic rings. The van der Waals surface area contributed by atoms with Gasteiger partial charge in [-0.1, -0.05) is 45.3 Å². The van der Waals surface area contributed by atoms with Gasteiger partial charge in [-0.05, 0) is 135 Å². The van der Waals surface area contributed by atoms with Gasteiger partial charge in [-0.25, -0.2) is 9.59 Å². The maximum atomic E-state index is 11.5. The highest BCUT2D eigenvalue weighted by molar-refractivity contribution is 5.87. The zero-order chi connectivity index (χ0) is 44.1. The summed E-state index contributed by atoms with van der Waals surface area (Å²) in [4.78, 5) is 45.4. The molecule has 12 heteroatoms. The second-order valence-corrected chi connectivity index (χ2v) is 16.2. The lowest BCUT2D eigenvalue weighted by Crippen LogP contribution is -2.15. The lowest BCUT2D eigenvalue weighted by atomic mass is 9.82. The van der Waals surface area contributed by atoms with E-state index in [1.807, 2.05) is 13.8 Å². The standard InChI is InChI=1S/2C19H34O6.C10H16/c2*1-4-22-12-9-10-13-23-15-16-24-18(20)11-7-5-6-8-14-25-19(21)17(2)3;1-2-9-7-4-5-8(6-7)10(9)3-1/h2*2,4-16H2,1,3H3;7-10H,1-6H2. The fourth-order valence-electron chi connectivity index (χ4n) is 7.93. The van der Waals surface area contributed by atoms with Crippen LogP contribution in [0.15, 0.2) is 24.3 Å². The summed E-state index contributed by atoms with van der Waals surface area (Å²) in [5.74, 6) is 3.73. The zero-order valence-corrected chi connectivity index (χ0v) is 38.3. The van der Waals surface area contributed by atoms with E-state index < -0.39 is 0 Å². The average Bonchev–Trinajstić information content (AvgIpc) is 4.00.